The maximum absolute atomic E-state index is 11.9. The Bertz CT molecular complexity index is 538. The molecule has 0 saturated heterocycles. The monoisotopic (exact) mass is 256 g/mol. The van der Waals surface area contributed by atoms with Crippen molar-refractivity contribution < 1.29 is 9.63 Å². The number of aromatic nitrogens is 1. The Morgan fingerprint density at radius 1 is 1.16 bits per heavy atom. The number of hydrogen-bond acceptors (Lipinski definition) is 3. The molecular weight excluding hydrogens is 240 g/mol. The van der Waals surface area contributed by atoms with Gasteiger partial charge in [0.25, 0.3) is 5.91 Å². The lowest BCUT2D eigenvalue weighted by molar-refractivity contribution is -0.100. The summed E-state index contributed by atoms with van der Waals surface area (Å²) in [5.74, 6) is -0.249. The molecule has 0 aliphatic carbocycles. The van der Waals surface area contributed by atoms with Gasteiger partial charge in [0.2, 0.25) is 0 Å². The van der Waals surface area contributed by atoms with Gasteiger partial charge in [0, 0.05) is 18.8 Å². The summed E-state index contributed by atoms with van der Waals surface area (Å²) in [6.07, 6.45) is 1.70. The number of hydroxylamine groups is 2. The summed E-state index contributed by atoms with van der Waals surface area (Å²) in [6, 6.07) is 13.5. The van der Waals surface area contributed by atoms with Crippen LogP contribution in [0.25, 0.3) is 11.1 Å². The molecule has 1 aromatic carbocycles. The van der Waals surface area contributed by atoms with Crippen LogP contribution < -0.4 is 0 Å². The third kappa shape index (κ3) is 3.17. The van der Waals surface area contributed by atoms with Crippen molar-refractivity contribution in [2.45, 2.75) is 6.92 Å². The average molecular weight is 256 g/mol. The van der Waals surface area contributed by atoms with E-state index in [2.05, 4.69) is 4.98 Å². The number of benzene rings is 1. The Morgan fingerprint density at radius 2 is 1.89 bits per heavy atom. The smallest absolute Gasteiger partial charge is 0.271 e. The molecule has 2 aromatic rings. The van der Waals surface area contributed by atoms with E-state index in [1.807, 2.05) is 43.3 Å². The van der Waals surface area contributed by atoms with Crippen molar-refractivity contribution in [3.63, 3.8) is 0 Å². The molecule has 0 saturated carbocycles. The number of carbonyl (C=O) groups is 1. The summed E-state index contributed by atoms with van der Waals surface area (Å²) in [6.45, 7) is 2.28. The molecule has 4 heteroatoms. The van der Waals surface area contributed by atoms with Gasteiger partial charge in [-0.2, -0.15) is 0 Å². The van der Waals surface area contributed by atoms with E-state index in [-0.39, 0.29) is 5.91 Å². The molecule has 0 atom stereocenters. The van der Waals surface area contributed by atoms with Crippen LogP contribution in [0.5, 0.6) is 0 Å². The number of pyridine rings is 1. The summed E-state index contributed by atoms with van der Waals surface area (Å²) in [4.78, 5) is 21.2. The van der Waals surface area contributed by atoms with Crippen LogP contribution in [0.4, 0.5) is 0 Å². The summed E-state index contributed by atoms with van der Waals surface area (Å²) in [5, 5.41) is 1.20. The first-order chi connectivity index (χ1) is 9.22. The predicted molar refractivity (Wildman–Crippen MR) is 73.4 cm³/mol. The second-order valence-corrected chi connectivity index (χ2v) is 4.02. The van der Waals surface area contributed by atoms with Crippen molar-refractivity contribution in [2.75, 3.05) is 13.7 Å². The van der Waals surface area contributed by atoms with Gasteiger partial charge in [-0.25, -0.2) is 5.06 Å². The van der Waals surface area contributed by atoms with E-state index >= 15 is 0 Å². The first kappa shape index (κ1) is 13.2. The molecule has 0 radical (unpaired) electrons. The van der Waals surface area contributed by atoms with E-state index in [1.165, 1.54) is 5.06 Å². The molecule has 0 fully saturated rings. The summed E-state index contributed by atoms with van der Waals surface area (Å²) in [5.41, 5.74) is 2.43. The lowest BCUT2D eigenvalue weighted by Gasteiger charge is -2.14. The Labute approximate surface area is 112 Å². The number of carbonyl (C=O) groups excluding carboxylic acids is 1. The van der Waals surface area contributed by atoms with Gasteiger partial charge in [-0.05, 0) is 18.6 Å². The molecular formula is C15H16N2O2. The first-order valence-electron chi connectivity index (χ1n) is 6.15. The topological polar surface area (TPSA) is 42.4 Å². The van der Waals surface area contributed by atoms with Gasteiger partial charge in [-0.15, -0.1) is 0 Å². The molecule has 98 valence electrons. The van der Waals surface area contributed by atoms with Crippen LogP contribution in [0.1, 0.15) is 17.4 Å². The minimum atomic E-state index is -0.249. The highest BCUT2D eigenvalue weighted by Gasteiger charge is 2.13. The summed E-state index contributed by atoms with van der Waals surface area (Å²) < 4.78 is 0. The van der Waals surface area contributed by atoms with Gasteiger partial charge >= 0.3 is 0 Å². The van der Waals surface area contributed by atoms with Crippen LogP contribution in [-0.4, -0.2) is 29.6 Å². The first-order valence-corrected chi connectivity index (χ1v) is 6.15. The Kier molecular flexibility index (Phi) is 4.26. The van der Waals surface area contributed by atoms with Crippen molar-refractivity contribution in [1.29, 1.82) is 0 Å². The third-order valence-electron chi connectivity index (χ3n) is 2.70. The number of hydrogen-bond donors (Lipinski definition) is 0. The molecule has 0 unspecified atom stereocenters. The fraction of sp³-hybridized carbons (Fsp3) is 0.200. The zero-order valence-corrected chi connectivity index (χ0v) is 11.0. The van der Waals surface area contributed by atoms with Crippen molar-refractivity contribution in [3.8, 4) is 11.1 Å². The molecule has 19 heavy (non-hydrogen) atoms. The third-order valence-corrected chi connectivity index (χ3v) is 2.70. The van der Waals surface area contributed by atoms with E-state index in [0.29, 0.717) is 12.3 Å². The molecule has 1 heterocycles. The van der Waals surface area contributed by atoms with Crippen LogP contribution in [0, 0.1) is 0 Å². The van der Waals surface area contributed by atoms with Gasteiger partial charge in [0.1, 0.15) is 5.69 Å². The molecule has 0 aliphatic heterocycles. The Balaban J connectivity index is 2.17. The van der Waals surface area contributed by atoms with Crippen LogP contribution in [0.2, 0.25) is 0 Å². The highest BCUT2D eigenvalue weighted by Crippen LogP contribution is 2.17. The fourth-order valence-electron chi connectivity index (χ4n) is 1.74. The van der Waals surface area contributed by atoms with Gasteiger partial charge in [-0.1, -0.05) is 36.4 Å². The lowest BCUT2D eigenvalue weighted by Crippen LogP contribution is -2.27. The average Bonchev–Trinajstić information content (AvgIpc) is 2.48. The SMILES string of the molecule is CCON(C)C(=O)c1ccc(-c2ccccc2)cn1. The Hall–Kier alpha value is -2.20. The molecule has 0 N–H and O–H groups in total. The van der Waals surface area contributed by atoms with Crippen LogP contribution in [0.3, 0.4) is 0 Å². The summed E-state index contributed by atoms with van der Waals surface area (Å²) in [7, 11) is 1.58. The van der Waals surface area contributed by atoms with Crippen LogP contribution >= 0.6 is 0 Å². The van der Waals surface area contributed by atoms with E-state index in [9.17, 15) is 4.79 Å². The maximum Gasteiger partial charge on any atom is 0.295 e. The minimum absolute atomic E-state index is 0.249. The second-order valence-electron chi connectivity index (χ2n) is 4.02. The highest BCUT2D eigenvalue weighted by atomic mass is 16.7. The quantitative estimate of drug-likeness (QED) is 0.790. The van der Waals surface area contributed by atoms with Crippen LogP contribution in [0.15, 0.2) is 48.7 Å². The zero-order chi connectivity index (χ0) is 13.7. The number of nitrogens with zero attached hydrogens (tertiary/aromatic N) is 2. The van der Waals surface area contributed by atoms with E-state index in [0.717, 1.165) is 11.1 Å². The molecule has 4 nitrogen and oxygen atoms in total. The van der Waals surface area contributed by atoms with Gasteiger partial charge in [-0.3, -0.25) is 14.6 Å². The highest BCUT2D eigenvalue weighted by molar-refractivity contribution is 5.91. The van der Waals surface area contributed by atoms with Crippen LogP contribution in [-0.2, 0) is 4.84 Å². The molecule has 2 rings (SSSR count). The zero-order valence-electron chi connectivity index (χ0n) is 11.0. The van der Waals surface area contributed by atoms with Gasteiger partial charge < -0.3 is 0 Å². The summed E-state index contributed by atoms with van der Waals surface area (Å²) >= 11 is 0. The Morgan fingerprint density at radius 3 is 2.47 bits per heavy atom. The van der Waals surface area contributed by atoms with Crippen molar-refractivity contribution in [3.05, 3.63) is 54.4 Å². The largest absolute Gasteiger partial charge is 0.295 e. The van der Waals surface area contributed by atoms with Crippen molar-refractivity contribution in [2.24, 2.45) is 0 Å². The van der Waals surface area contributed by atoms with E-state index in [1.54, 1.807) is 19.3 Å². The van der Waals surface area contributed by atoms with Gasteiger partial charge in [0.05, 0.1) is 6.61 Å². The fourth-order valence-corrected chi connectivity index (χ4v) is 1.74. The number of rotatable bonds is 4. The van der Waals surface area contributed by atoms with Crippen molar-refractivity contribution >= 4 is 5.91 Å². The maximum atomic E-state index is 11.9. The van der Waals surface area contributed by atoms with Gasteiger partial charge in [0.15, 0.2) is 0 Å². The lowest BCUT2D eigenvalue weighted by atomic mass is 10.1. The molecule has 1 amide bonds. The predicted octanol–water partition coefficient (Wildman–Crippen LogP) is 2.77. The standard InChI is InChI=1S/C15H16N2O2/c1-3-19-17(2)15(18)14-10-9-13(11-16-14)12-7-5-4-6-8-12/h4-11H,3H2,1-2H3. The minimum Gasteiger partial charge on any atom is -0.271 e. The van der Waals surface area contributed by atoms with E-state index < -0.39 is 0 Å². The molecule has 1 aromatic heterocycles. The normalized spacial score (nSPS) is 10.2. The molecule has 0 spiro atoms. The second kappa shape index (κ2) is 6.11. The number of amides is 1. The molecule has 0 aliphatic rings. The van der Waals surface area contributed by atoms with E-state index in [4.69, 9.17) is 4.84 Å². The molecule has 0 bridgehead atoms. The van der Waals surface area contributed by atoms with Crippen molar-refractivity contribution in [1.82, 2.24) is 10.0 Å².